The molecule has 4 nitrogen and oxygen atoms in total. The van der Waals surface area contributed by atoms with Crippen LogP contribution in [0.5, 0.6) is 0 Å². The molecule has 7 heteroatoms. The summed E-state index contributed by atoms with van der Waals surface area (Å²) in [5, 5.41) is 2.61. The largest absolute Gasteiger partial charge is 0.394 e. The zero-order valence-corrected chi connectivity index (χ0v) is 10.3. The minimum atomic E-state index is -4.32. The summed E-state index contributed by atoms with van der Waals surface area (Å²) >= 11 is 0. The summed E-state index contributed by atoms with van der Waals surface area (Å²) in [6.45, 7) is 2.77. The molecular formula is C10H20F3N3O. The van der Waals surface area contributed by atoms with Gasteiger partial charge in [-0.25, -0.2) is 0 Å². The highest BCUT2D eigenvalue weighted by Crippen LogP contribution is 2.25. The van der Waals surface area contributed by atoms with Crippen LogP contribution in [0.2, 0.25) is 0 Å². The highest BCUT2D eigenvalue weighted by Gasteiger charge is 2.39. The number of nitrogens with one attached hydrogen (secondary N) is 1. The third kappa shape index (κ3) is 7.17. The van der Waals surface area contributed by atoms with Gasteiger partial charge in [0, 0.05) is 19.1 Å². The molecule has 0 aromatic rings. The van der Waals surface area contributed by atoms with Gasteiger partial charge in [-0.1, -0.05) is 0 Å². The Bertz CT molecular complexity index is 243. The van der Waals surface area contributed by atoms with Crippen molar-refractivity contribution in [1.82, 2.24) is 10.2 Å². The van der Waals surface area contributed by atoms with Crippen LogP contribution in [0.4, 0.5) is 13.2 Å². The first kappa shape index (κ1) is 16.2. The van der Waals surface area contributed by atoms with Crippen LogP contribution in [-0.4, -0.2) is 49.7 Å². The lowest BCUT2D eigenvalue weighted by atomic mass is 10.1. The van der Waals surface area contributed by atoms with Crippen molar-refractivity contribution in [2.75, 3.05) is 26.7 Å². The Morgan fingerprint density at radius 2 is 1.94 bits per heavy atom. The highest BCUT2D eigenvalue weighted by molar-refractivity contribution is 5.78. The van der Waals surface area contributed by atoms with E-state index in [9.17, 15) is 18.0 Å². The Hall–Kier alpha value is -0.820. The maximum atomic E-state index is 12.4. The molecule has 17 heavy (non-hydrogen) atoms. The summed E-state index contributed by atoms with van der Waals surface area (Å²) in [5.74, 6) is -1.89. The van der Waals surface area contributed by atoms with E-state index in [-0.39, 0.29) is 25.0 Å². The van der Waals surface area contributed by atoms with Gasteiger partial charge in [-0.15, -0.1) is 0 Å². The van der Waals surface area contributed by atoms with E-state index in [0.717, 1.165) is 0 Å². The first-order chi connectivity index (χ1) is 7.66. The van der Waals surface area contributed by atoms with Gasteiger partial charge in [0.25, 0.3) is 0 Å². The number of rotatable bonds is 6. The molecule has 0 heterocycles. The minimum absolute atomic E-state index is 0.0242. The Morgan fingerprint density at radius 3 is 2.29 bits per heavy atom. The van der Waals surface area contributed by atoms with E-state index in [4.69, 9.17) is 5.73 Å². The maximum absolute atomic E-state index is 12.4. The van der Waals surface area contributed by atoms with Crippen molar-refractivity contribution < 1.29 is 18.0 Å². The predicted molar refractivity (Wildman–Crippen MR) is 59.4 cm³/mol. The van der Waals surface area contributed by atoms with E-state index < -0.39 is 18.6 Å². The van der Waals surface area contributed by atoms with E-state index in [1.165, 1.54) is 11.9 Å². The molecule has 1 atom stereocenters. The van der Waals surface area contributed by atoms with Crippen LogP contribution in [0, 0.1) is 5.92 Å². The fraction of sp³-hybridized carbons (Fsp3) is 0.900. The molecule has 0 aromatic carbocycles. The third-order valence-corrected chi connectivity index (χ3v) is 2.14. The van der Waals surface area contributed by atoms with Crippen LogP contribution in [0.3, 0.4) is 0 Å². The van der Waals surface area contributed by atoms with E-state index >= 15 is 0 Å². The number of nitrogens with zero attached hydrogens (tertiary/aromatic N) is 1. The van der Waals surface area contributed by atoms with Crippen LogP contribution in [-0.2, 0) is 4.79 Å². The Balaban J connectivity index is 4.16. The average Bonchev–Trinajstić information content (AvgIpc) is 2.10. The number of carbonyl (C=O) groups is 1. The van der Waals surface area contributed by atoms with Crippen molar-refractivity contribution in [2.45, 2.75) is 26.1 Å². The van der Waals surface area contributed by atoms with E-state index in [1.54, 1.807) is 13.8 Å². The quantitative estimate of drug-likeness (QED) is 0.730. The Labute approximate surface area is 99.3 Å². The van der Waals surface area contributed by atoms with Gasteiger partial charge >= 0.3 is 6.18 Å². The number of likely N-dealkylation sites (N-methyl/N-ethyl adjacent to an activating group) is 1. The van der Waals surface area contributed by atoms with E-state index in [0.29, 0.717) is 0 Å². The molecule has 1 amide bonds. The lowest BCUT2D eigenvalue weighted by Gasteiger charge is -2.24. The van der Waals surface area contributed by atoms with Crippen LogP contribution in [0.1, 0.15) is 13.8 Å². The molecule has 0 spiro atoms. The molecule has 0 rings (SSSR count). The van der Waals surface area contributed by atoms with Gasteiger partial charge in [0.2, 0.25) is 5.91 Å². The molecule has 0 aliphatic carbocycles. The summed E-state index contributed by atoms with van der Waals surface area (Å²) < 4.78 is 37.3. The second kappa shape index (κ2) is 6.80. The first-order valence-corrected chi connectivity index (χ1v) is 5.41. The molecule has 0 saturated heterocycles. The van der Waals surface area contributed by atoms with Crippen molar-refractivity contribution in [3.8, 4) is 0 Å². The minimum Gasteiger partial charge on any atom is -0.353 e. The first-order valence-electron chi connectivity index (χ1n) is 5.41. The van der Waals surface area contributed by atoms with Crippen molar-refractivity contribution >= 4 is 5.91 Å². The average molecular weight is 255 g/mol. The van der Waals surface area contributed by atoms with Crippen LogP contribution in [0.25, 0.3) is 0 Å². The van der Waals surface area contributed by atoms with Gasteiger partial charge < -0.3 is 11.1 Å². The van der Waals surface area contributed by atoms with Crippen LogP contribution >= 0.6 is 0 Å². The van der Waals surface area contributed by atoms with Crippen LogP contribution in [0.15, 0.2) is 0 Å². The number of hydrogen-bond acceptors (Lipinski definition) is 3. The molecule has 0 bridgehead atoms. The maximum Gasteiger partial charge on any atom is 0.394 e. The molecule has 0 saturated carbocycles. The Kier molecular flexibility index (Phi) is 6.48. The lowest BCUT2D eigenvalue weighted by Crippen LogP contribution is -2.44. The molecule has 102 valence electrons. The number of hydrogen-bond donors (Lipinski definition) is 2. The summed E-state index contributed by atoms with van der Waals surface area (Å²) in [7, 11) is 1.47. The summed E-state index contributed by atoms with van der Waals surface area (Å²) in [4.78, 5) is 12.6. The standard InChI is InChI=1S/C10H20F3N3O/c1-7(2)15-9(17)6-16(3)5-8(4-14)10(11,12)13/h7-8H,4-6,14H2,1-3H3,(H,15,17). The van der Waals surface area contributed by atoms with Gasteiger partial charge in [-0.2, -0.15) is 13.2 Å². The van der Waals surface area contributed by atoms with E-state index in [2.05, 4.69) is 5.32 Å². The summed E-state index contributed by atoms with van der Waals surface area (Å²) in [5.41, 5.74) is 5.07. The normalized spacial score (nSPS) is 14.2. The molecule has 0 aliphatic heterocycles. The van der Waals surface area contributed by atoms with Gasteiger partial charge in [0.05, 0.1) is 12.5 Å². The van der Waals surface area contributed by atoms with Crippen molar-refractivity contribution in [1.29, 1.82) is 0 Å². The van der Waals surface area contributed by atoms with Crippen LogP contribution < -0.4 is 11.1 Å². The number of carbonyl (C=O) groups excluding carboxylic acids is 1. The number of amides is 1. The topological polar surface area (TPSA) is 58.4 Å². The third-order valence-electron chi connectivity index (χ3n) is 2.14. The smallest absolute Gasteiger partial charge is 0.353 e. The summed E-state index contributed by atoms with van der Waals surface area (Å²) in [6.07, 6.45) is -4.32. The van der Waals surface area contributed by atoms with Gasteiger partial charge in [0.1, 0.15) is 0 Å². The lowest BCUT2D eigenvalue weighted by molar-refractivity contribution is -0.175. The van der Waals surface area contributed by atoms with Crippen molar-refractivity contribution in [2.24, 2.45) is 11.7 Å². The van der Waals surface area contributed by atoms with Gasteiger partial charge in [-0.3, -0.25) is 9.69 Å². The number of halogens is 3. The van der Waals surface area contributed by atoms with Crippen molar-refractivity contribution in [3.05, 3.63) is 0 Å². The molecule has 0 aromatic heterocycles. The zero-order chi connectivity index (χ0) is 13.6. The summed E-state index contributed by atoms with van der Waals surface area (Å²) in [6, 6.07) is -0.0242. The molecule has 3 N–H and O–H groups in total. The predicted octanol–water partition coefficient (Wildman–Crippen LogP) is 0.580. The van der Waals surface area contributed by atoms with Gasteiger partial charge in [-0.05, 0) is 20.9 Å². The SMILES string of the molecule is CC(C)NC(=O)CN(C)CC(CN)C(F)(F)F. The second-order valence-corrected chi connectivity index (χ2v) is 4.39. The fourth-order valence-electron chi connectivity index (χ4n) is 1.37. The molecule has 0 fully saturated rings. The molecular weight excluding hydrogens is 235 g/mol. The second-order valence-electron chi connectivity index (χ2n) is 4.39. The monoisotopic (exact) mass is 255 g/mol. The number of nitrogens with two attached hydrogens (primary N) is 1. The Morgan fingerprint density at radius 1 is 1.41 bits per heavy atom. The molecule has 0 radical (unpaired) electrons. The fourth-order valence-corrected chi connectivity index (χ4v) is 1.37. The van der Waals surface area contributed by atoms with Crippen molar-refractivity contribution in [3.63, 3.8) is 0 Å². The highest BCUT2D eigenvalue weighted by atomic mass is 19.4. The number of alkyl halides is 3. The van der Waals surface area contributed by atoms with Gasteiger partial charge in [0.15, 0.2) is 0 Å². The molecule has 0 aliphatic rings. The molecule has 1 unspecified atom stereocenters. The van der Waals surface area contributed by atoms with E-state index in [1.807, 2.05) is 0 Å². The zero-order valence-electron chi connectivity index (χ0n) is 10.3.